The standard InChI is InChI=1S/C23H48/c1-5-8-11-13-15-16-18-22(4)21-23(19-10-7-3)20-17-14-12-9-6-2/h22-23H,5-21H2,1-4H3. The Morgan fingerprint density at radius 2 is 0.913 bits per heavy atom. The maximum Gasteiger partial charge on any atom is -0.0412 e. The Labute approximate surface area is 149 Å². The lowest BCUT2D eigenvalue weighted by molar-refractivity contribution is 0.315. The van der Waals surface area contributed by atoms with Gasteiger partial charge in [-0.3, -0.25) is 0 Å². The van der Waals surface area contributed by atoms with E-state index in [0.29, 0.717) is 0 Å². The van der Waals surface area contributed by atoms with Crippen LogP contribution >= 0.6 is 0 Å². The molecule has 0 aromatic rings. The minimum absolute atomic E-state index is 0.957. The molecule has 0 saturated heterocycles. The molecule has 0 rings (SSSR count). The number of hydrogen-bond acceptors (Lipinski definition) is 0. The Bertz CT molecular complexity index is 208. The molecule has 0 aromatic heterocycles. The molecule has 0 nitrogen and oxygen atoms in total. The predicted octanol–water partition coefficient (Wildman–Crippen LogP) is 8.93. The molecule has 0 heterocycles. The molecule has 0 spiro atoms. The van der Waals surface area contributed by atoms with Crippen LogP contribution in [0.5, 0.6) is 0 Å². The molecule has 140 valence electrons. The van der Waals surface area contributed by atoms with Crippen LogP contribution in [0, 0.1) is 11.8 Å². The SMILES string of the molecule is CCCCCCCCC(C)CC(CCCC)CCCCCCC. The lowest BCUT2D eigenvalue weighted by atomic mass is 9.85. The Morgan fingerprint density at radius 3 is 1.48 bits per heavy atom. The number of rotatable bonds is 18. The van der Waals surface area contributed by atoms with Gasteiger partial charge in [0, 0.05) is 0 Å². The molecule has 23 heavy (non-hydrogen) atoms. The van der Waals surface area contributed by atoms with Gasteiger partial charge in [0.25, 0.3) is 0 Å². The van der Waals surface area contributed by atoms with Crippen LogP contribution in [0.2, 0.25) is 0 Å². The van der Waals surface area contributed by atoms with Crippen molar-refractivity contribution < 1.29 is 0 Å². The maximum absolute atomic E-state index is 2.52. The molecule has 0 aliphatic heterocycles. The second-order valence-corrected chi connectivity index (χ2v) is 8.11. The van der Waals surface area contributed by atoms with Gasteiger partial charge in [-0.1, -0.05) is 130 Å². The summed E-state index contributed by atoms with van der Waals surface area (Å²) in [7, 11) is 0. The van der Waals surface area contributed by atoms with E-state index in [-0.39, 0.29) is 0 Å². The second-order valence-electron chi connectivity index (χ2n) is 8.11. The lowest BCUT2D eigenvalue weighted by Crippen LogP contribution is -2.07. The van der Waals surface area contributed by atoms with Gasteiger partial charge in [0.1, 0.15) is 0 Å². The molecule has 0 radical (unpaired) electrons. The molecular weight excluding hydrogens is 276 g/mol. The molecule has 0 saturated carbocycles. The van der Waals surface area contributed by atoms with E-state index in [2.05, 4.69) is 27.7 Å². The van der Waals surface area contributed by atoms with Gasteiger partial charge in [-0.05, 0) is 18.3 Å². The lowest BCUT2D eigenvalue weighted by Gasteiger charge is -2.21. The summed E-state index contributed by atoms with van der Waals surface area (Å²) in [6.07, 6.45) is 24.7. The highest BCUT2D eigenvalue weighted by molar-refractivity contribution is 4.65. The van der Waals surface area contributed by atoms with Gasteiger partial charge in [-0.25, -0.2) is 0 Å². The fraction of sp³-hybridized carbons (Fsp3) is 1.00. The molecule has 0 heteroatoms. The van der Waals surface area contributed by atoms with Crippen LogP contribution in [0.4, 0.5) is 0 Å². The number of hydrogen-bond donors (Lipinski definition) is 0. The Hall–Kier alpha value is 0. The minimum atomic E-state index is 0.957. The average Bonchev–Trinajstić information content (AvgIpc) is 2.55. The second kappa shape index (κ2) is 18.3. The van der Waals surface area contributed by atoms with Crippen molar-refractivity contribution in [3.63, 3.8) is 0 Å². The van der Waals surface area contributed by atoms with E-state index in [4.69, 9.17) is 0 Å². The van der Waals surface area contributed by atoms with Crippen molar-refractivity contribution in [1.29, 1.82) is 0 Å². The summed E-state index contributed by atoms with van der Waals surface area (Å²) in [6.45, 7) is 9.48. The summed E-state index contributed by atoms with van der Waals surface area (Å²) >= 11 is 0. The summed E-state index contributed by atoms with van der Waals surface area (Å²) in [5, 5.41) is 0. The molecule has 0 bridgehead atoms. The summed E-state index contributed by atoms with van der Waals surface area (Å²) in [6, 6.07) is 0. The normalized spacial score (nSPS) is 14.1. The average molecular weight is 325 g/mol. The Morgan fingerprint density at radius 1 is 0.478 bits per heavy atom. The van der Waals surface area contributed by atoms with Crippen LogP contribution < -0.4 is 0 Å². The quantitative estimate of drug-likeness (QED) is 0.221. The van der Waals surface area contributed by atoms with E-state index < -0.39 is 0 Å². The highest BCUT2D eigenvalue weighted by atomic mass is 14.2. The molecule has 0 aromatic carbocycles. The summed E-state index contributed by atoms with van der Waals surface area (Å²) in [4.78, 5) is 0. The molecule has 2 unspecified atom stereocenters. The zero-order valence-corrected chi connectivity index (χ0v) is 17.2. The molecule has 0 aliphatic rings. The van der Waals surface area contributed by atoms with Crippen molar-refractivity contribution in [3.05, 3.63) is 0 Å². The fourth-order valence-corrected chi connectivity index (χ4v) is 3.87. The molecule has 0 aliphatic carbocycles. The van der Waals surface area contributed by atoms with Crippen molar-refractivity contribution >= 4 is 0 Å². The highest BCUT2D eigenvalue weighted by Crippen LogP contribution is 2.27. The van der Waals surface area contributed by atoms with E-state index in [1.807, 2.05) is 0 Å². The maximum atomic E-state index is 2.52. The van der Waals surface area contributed by atoms with Crippen LogP contribution in [-0.2, 0) is 0 Å². The van der Waals surface area contributed by atoms with Crippen molar-refractivity contribution in [2.45, 2.75) is 137 Å². The highest BCUT2D eigenvalue weighted by Gasteiger charge is 2.13. The molecule has 2 atom stereocenters. The summed E-state index contributed by atoms with van der Waals surface area (Å²) < 4.78 is 0. The van der Waals surface area contributed by atoms with Gasteiger partial charge >= 0.3 is 0 Å². The van der Waals surface area contributed by atoms with Crippen molar-refractivity contribution in [2.75, 3.05) is 0 Å². The minimum Gasteiger partial charge on any atom is -0.0654 e. The number of unbranched alkanes of at least 4 members (excludes halogenated alkanes) is 10. The van der Waals surface area contributed by atoms with Crippen LogP contribution in [0.1, 0.15) is 137 Å². The molecule has 0 amide bonds. The van der Waals surface area contributed by atoms with Gasteiger partial charge in [0.2, 0.25) is 0 Å². The third-order valence-corrected chi connectivity index (χ3v) is 5.47. The zero-order valence-electron chi connectivity index (χ0n) is 17.2. The van der Waals surface area contributed by atoms with Crippen molar-refractivity contribution in [3.8, 4) is 0 Å². The van der Waals surface area contributed by atoms with Gasteiger partial charge in [-0.15, -0.1) is 0 Å². The van der Waals surface area contributed by atoms with Crippen LogP contribution in [0.25, 0.3) is 0 Å². The van der Waals surface area contributed by atoms with Crippen LogP contribution in [0.3, 0.4) is 0 Å². The first-order valence-electron chi connectivity index (χ1n) is 11.2. The van der Waals surface area contributed by atoms with Crippen molar-refractivity contribution in [2.24, 2.45) is 11.8 Å². The fourth-order valence-electron chi connectivity index (χ4n) is 3.87. The van der Waals surface area contributed by atoms with Gasteiger partial charge < -0.3 is 0 Å². The summed E-state index contributed by atoms with van der Waals surface area (Å²) in [5.74, 6) is 1.98. The first-order valence-corrected chi connectivity index (χ1v) is 11.2. The van der Waals surface area contributed by atoms with Gasteiger partial charge in [-0.2, -0.15) is 0 Å². The molecule has 0 N–H and O–H groups in total. The monoisotopic (exact) mass is 324 g/mol. The Balaban J connectivity index is 3.77. The van der Waals surface area contributed by atoms with Crippen molar-refractivity contribution in [1.82, 2.24) is 0 Å². The van der Waals surface area contributed by atoms with E-state index in [9.17, 15) is 0 Å². The van der Waals surface area contributed by atoms with E-state index in [1.165, 1.54) is 109 Å². The van der Waals surface area contributed by atoms with Crippen LogP contribution in [0.15, 0.2) is 0 Å². The first-order chi connectivity index (χ1) is 11.2. The van der Waals surface area contributed by atoms with Crippen LogP contribution in [-0.4, -0.2) is 0 Å². The van der Waals surface area contributed by atoms with Gasteiger partial charge in [0.05, 0.1) is 0 Å². The van der Waals surface area contributed by atoms with E-state index in [0.717, 1.165) is 11.8 Å². The zero-order chi connectivity index (χ0) is 17.2. The Kier molecular flexibility index (Phi) is 18.3. The smallest absolute Gasteiger partial charge is 0.0412 e. The largest absolute Gasteiger partial charge is 0.0654 e. The van der Waals surface area contributed by atoms with Gasteiger partial charge in [0.15, 0.2) is 0 Å². The molecule has 0 fully saturated rings. The third-order valence-electron chi connectivity index (χ3n) is 5.47. The van der Waals surface area contributed by atoms with E-state index >= 15 is 0 Å². The third kappa shape index (κ3) is 16.6. The summed E-state index contributed by atoms with van der Waals surface area (Å²) in [5.41, 5.74) is 0. The molecular formula is C23H48. The topological polar surface area (TPSA) is 0 Å². The first kappa shape index (κ1) is 23.0. The predicted molar refractivity (Wildman–Crippen MR) is 108 cm³/mol. The van der Waals surface area contributed by atoms with E-state index in [1.54, 1.807) is 0 Å².